The first-order chi connectivity index (χ1) is 28.4. The molecule has 0 unspecified atom stereocenters. The van der Waals surface area contributed by atoms with Crippen LogP contribution in [0.1, 0.15) is 291 Å². The van der Waals surface area contributed by atoms with E-state index in [-0.39, 0.29) is 31.1 Å². The SMILES string of the molecule is CCCCCCCCCCCCCCCCCCCCCC(=O)OC[C@H](COC(=O)CCCCCCCCCCCC(C)C)OC(=O)CCCCCCCCCCC. The van der Waals surface area contributed by atoms with E-state index < -0.39 is 6.10 Å². The van der Waals surface area contributed by atoms with E-state index in [1.807, 2.05) is 0 Å². The molecule has 344 valence electrons. The molecule has 0 fully saturated rings. The lowest BCUT2D eigenvalue weighted by molar-refractivity contribution is -0.167. The maximum absolute atomic E-state index is 12.7. The van der Waals surface area contributed by atoms with Crippen molar-refractivity contribution in [3.05, 3.63) is 0 Å². The molecule has 0 aliphatic rings. The van der Waals surface area contributed by atoms with Crippen molar-refractivity contribution in [3.8, 4) is 0 Å². The summed E-state index contributed by atoms with van der Waals surface area (Å²) >= 11 is 0. The quantitative estimate of drug-likeness (QED) is 0.0346. The van der Waals surface area contributed by atoms with Crippen LogP contribution in [0.15, 0.2) is 0 Å². The van der Waals surface area contributed by atoms with Gasteiger partial charge in [-0.2, -0.15) is 0 Å². The summed E-state index contributed by atoms with van der Waals surface area (Å²) in [5.41, 5.74) is 0. The van der Waals surface area contributed by atoms with Gasteiger partial charge in [-0.25, -0.2) is 0 Å². The number of ether oxygens (including phenoxy) is 3. The van der Waals surface area contributed by atoms with Crippen LogP contribution in [0.5, 0.6) is 0 Å². The second-order valence-electron chi connectivity index (χ2n) is 18.3. The molecule has 58 heavy (non-hydrogen) atoms. The standard InChI is InChI=1S/C52H100O6/c1-5-7-9-11-13-15-16-17-18-19-20-21-22-23-24-28-31-35-39-43-50(53)56-46-49(58-52(55)45-41-37-33-26-14-12-10-8-6-2)47-57-51(54)44-40-36-32-29-25-27-30-34-38-42-48(3)4/h48-49H,5-47H2,1-4H3/t49-/m1/s1. The van der Waals surface area contributed by atoms with Gasteiger partial charge in [-0.15, -0.1) is 0 Å². The molecule has 0 bridgehead atoms. The van der Waals surface area contributed by atoms with Crippen LogP contribution in [0.25, 0.3) is 0 Å². The monoisotopic (exact) mass is 821 g/mol. The van der Waals surface area contributed by atoms with Gasteiger partial charge in [0.1, 0.15) is 13.2 Å². The molecular weight excluding hydrogens is 721 g/mol. The smallest absolute Gasteiger partial charge is 0.306 e. The molecule has 0 radical (unpaired) electrons. The molecule has 0 aliphatic heterocycles. The zero-order chi connectivity index (χ0) is 42.4. The maximum Gasteiger partial charge on any atom is 0.306 e. The van der Waals surface area contributed by atoms with Crippen LogP contribution in [0.2, 0.25) is 0 Å². The lowest BCUT2D eigenvalue weighted by Gasteiger charge is -2.18. The Bertz CT molecular complexity index is 872. The molecule has 0 aromatic carbocycles. The molecule has 0 N–H and O–H groups in total. The van der Waals surface area contributed by atoms with Crippen LogP contribution in [-0.2, 0) is 28.6 Å². The van der Waals surface area contributed by atoms with Crippen LogP contribution >= 0.6 is 0 Å². The van der Waals surface area contributed by atoms with E-state index in [4.69, 9.17) is 14.2 Å². The van der Waals surface area contributed by atoms with Gasteiger partial charge in [-0.1, -0.05) is 252 Å². The summed E-state index contributed by atoms with van der Waals surface area (Å²) in [5.74, 6) is -0.0410. The van der Waals surface area contributed by atoms with E-state index in [1.165, 1.54) is 186 Å². The Kier molecular flexibility index (Phi) is 45.2. The maximum atomic E-state index is 12.7. The van der Waals surface area contributed by atoms with Gasteiger partial charge in [-0.3, -0.25) is 14.4 Å². The lowest BCUT2D eigenvalue weighted by atomic mass is 10.0. The molecule has 0 aliphatic carbocycles. The van der Waals surface area contributed by atoms with Crippen molar-refractivity contribution in [2.75, 3.05) is 13.2 Å². The van der Waals surface area contributed by atoms with E-state index in [0.29, 0.717) is 19.3 Å². The van der Waals surface area contributed by atoms with Crippen molar-refractivity contribution in [1.29, 1.82) is 0 Å². The average Bonchev–Trinajstić information content (AvgIpc) is 3.21. The highest BCUT2D eigenvalue weighted by Crippen LogP contribution is 2.17. The number of esters is 3. The Labute approximate surface area is 361 Å². The lowest BCUT2D eigenvalue weighted by Crippen LogP contribution is -2.30. The summed E-state index contributed by atoms with van der Waals surface area (Å²) in [6, 6.07) is 0. The van der Waals surface area contributed by atoms with Gasteiger partial charge in [-0.05, 0) is 25.2 Å². The molecule has 6 nitrogen and oxygen atoms in total. The fraction of sp³-hybridized carbons (Fsp3) is 0.942. The fourth-order valence-electron chi connectivity index (χ4n) is 7.86. The van der Waals surface area contributed by atoms with Crippen molar-refractivity contribution in [2.24, 2.45) is 5.92 Å². The summed E-state index contributed by atoms with van der Waals surface area (Å²) in [6.45, 7) is 8.99. The number of carbonyl (C=O) groups excluding carboxylic acids is 3. The van der Waals surface area contributed by atoms with Crippen molar-refractivity contribution >= 4 is 17.9 Å². The second-order valence-corrected chi connectivity index (χ2v) is 18.3. The highest BCUT2D eigenvalue weighted by atomic mass is 16.6. The van der Waals surface area contributed by atoms with Crippen LogP contribution in [0.4, 0.5) is 0 Å². The molecule has 0 saturated heterocycles. The zero-order valence-corrected chi connectivity index (χ0v) is 39.5. The minimum atomic E-state index is -0.760. The Morgan fingerprint density at radius 1 is 0.328 bits per heavy atom. The first-order valence-corrected chi connectivity index (χ1v) is 25.9. The Morgan fingerprint density at radius 3 is 0.845 bits per heavy atom. The summed E-state index contributed by atoms with van der Waals surface area (Å²) in [5, 5.41) is 0. The van der Waals surface area contributed by atoms with Crippen molar-refractivity contribution in [3.63, 3.8) is 0 Å². The summed E-state index contributed by atoms with van der Waals surface area (Å²) in [4.78, 5) is 37.8. The predicted octanol–water partition coefficient (Wildman–Crippen LogP) is 16.7. The number of carbonyl (C=O) groups is 3. The van der Waals surface area contributed by atoms with E-state index in [1.54, 1.807) is 0 Å². The van der Waals surface area contributed by atoms with Gasteiger partial charge in [0, 0.05) is 19.3 Å². The van der Waals surface area contributed by atoms with Gasteiger partial charge in [0.2, 0.25) is 0 Å². The Hall–Kier alpha value is -1.59. The van der Waals surface area contributed by atoms with E-state index in [9.17, 15) is 14.4 Å². The third kappa shape index (κ3) is 45.5. The molecule has 0 heterocycles. The minimum Gasteiger partial charge on any atom is -0.462 e. The number of hydrogen-bond acceptors (Lipinski definition) is 6. The summed E-state index contributed by atoms with van der Waals surface area (Å²) < 4.78 is 16.8. The van der Waals surface area contributed by atoms with E-state index in [2.05, 4.69) is 27.7 Å². The first kappa shape index (κ1) is 56.4. The highest BCUT2D eigenvalue weighted by Gasteiger charge is 2.19. The third-order valence-electron chi connectivity index (χ3n) is 11.8. The van der Waals surface area contributed by atoms with E-state index in [0.717, 1.165) is 63.7 Å². The molecule has 0 spiro atoms. The van der Waals surface area contributed by atoms with Crippen molar-refractivity contribution in [2.45, 2.75) is 297 Å². The topological polar surface area (TPSA) is 78.9 Å². The van der Waals surface area contributed by atoms with Crippen LogP contribution in [-0.4, -0.2) is 37.2 Å². The third-order valence-corrected chi connectivity index (χ3v) is 11.8. The highest BCUT2D eigenvalue weighted by molar-refractivity contribution is 5.71. The molecule has 1 atom stereocenters. The van der Waals surface area contributed by atoms with Gasteiger partial charge in [0.05, 0.1) is 0 Å². The van der Waals surface area contributed by atoms with Gasteiger partial charge >= 0.3 is 17.9 Å². The van der Waals surface area contributed by atoms with E-state index >= 15 is 0 Å². The van der Waals surface area contributed by atoms with Crippen LogP contribution < -0.4 is 0 Å². The predicted molar refractivity (Wildman–Crippen MR) is 247 cm³/mol. The Morgan fingerprint density at radius 2 is 0.569 bits per heavy atom. The molecule has 0 aromatic rings. The molecule has 0 saturated carbocycles. The molecular formula is C52H100O6. The number of hydrogen-bond donors (Lipinski definition) is 0. The summed E-state index contributed by atoms with van der Waals surface area (Å²) in [6.07, 6.45) is 48.1. The number of unbranched alkanes of at least 4 members (excludes halogenated alkanes) is 34. The molecule has 0 amide bonds. The second kappa shape index (κ2) is 46.5. The average molecular weight is 821 g/mol. The Balaban J connectivity index is 4.19. The van der Waals surface area contributed by atoms with Crippen LogP contribution in [0, 0.1) is 5.92 Å². The number of rotatable bonds is 47. The zero-order valence-electron chi connectivity index (χ0n) is 39.5. The first-order valence-electron chi connectivity index (χ1n) is 25.9. The largest absolute Gasteiger partial charge is 0.462 e. The molecule has 0 rings (SSSR count). The van der Waals surface area contributed by atoms with Crippen molar-refractivity contribution in [1.82, 2.24) is 0 Å². The van der Waals surface area contributed by atoms with Gasteiger partial charge in [0.25, 0.3) is 0 Å². The summed E-state index contributed by atoms with van der Waals surface area (Å²) in [7, 11) is 0. The van der Waals surface area contributed by atoms with Crippen molar-refractivity contribution < 1.29 is 28.6 Å². The van der Waals surface area contributed by atoms with Gasteiger partial charge in [0.15, 0.2) is 6.10 Å². The van der Waals surface area contributed by atoms with Crippen LogP contribution in [0.3, 0.4) is 0 Å². The minimum absolute atomic E-state index is 0.0633. The van der Waals surface area contributed by atoms with Gasteiger partial charge < -0.3 is 14.2 Å². The normalized spacial score (nSPS) is 11.9. The molecule has 6 heteroatoms. The fourth-order valence-corrected chi connectivity index (χ4v) is 7.86. The molecule has 0 aromatic heterocycles.